The molecule has 0 saturated carbocycles. The van der Waals surface area contributed by atoms with Crippen LogP contribution in [0.5, 0.6) is 5.75 Å². The van der Waals surface area contributed by atoms with E-state index in [1.165, 1.54) is 12.1 Å². The van der Waals surface area contributed by atoms with Gasteiger partial charge in [-0.05, 0) is 31.0 Å². The molecule has 0 atom stereocenters. The minimum atomic E-state index is -3.71. The molecule has 1 saturated heterocycles. The largest absolute Gasteiger partial charge is 0.495 e. The van der Waals surface area contributed by atoms with Gasteiger partial charge in [-0.15, -0.1) is 0 Å². The third kappa shape index (κ3) is 3.59. The monoisotopic (exact) mass is 286 g/mol. The van der Waals surface area contributed by atoms with E-state index in [2.05, 4.69) is 5.32 Å². The van der Waals surface area contributed by atoms with Gasteiger partial charge in [0, 0.05) is 19.3 Å². The van der Waals surface area contributed by atoms with Gasteiger partial charge in [0.2, 0.25) is 10.0 Å². The van der Waals surface area contributed by atoms with Crippen molar-refractivity contribution in [2.75, 3.05) is 25.6 Å². The number of methoxy groups -OCH3 is 1. The third-order valence-electron chi connectivity index (χ3n) is 3.08. The van der Waals surface area contributed by atoms with Crippen molar-refractivity contribution in [3.8, 4) is 5.75 Å². The highest BCUT2D eigenvalue weighted by Crippen LogP contribution is 2.28. The molecule has 1 aliphatic heterocycles. The highest BCUT2D eigenvalue weighted by atomic mass is 32.2. The molecule has 1 aromatic rings. The molecule has 106 valence electrons. The van der Waals surface area contributed by atoms with Gasteiger partial charge in [0.1, 0.15) is 5.75 Å². The summed E-state index contributed by atoms with van der Waals surface area (Å²) in [7, 11) is -2.17. The molecule has 0 aliphatic carbocycles. The lowest BCUT2D eigenvalue weighted by atomic mass is 10.1. The first-order valence-electron chi connectivity index (χ1n) is 6.06. The Morgan fingerprint density at radius 2 is 2.05 bits per heavy atom. The molecule has 0 radical (unpaired) electrons. The van der Waals surface area contributed by atoms with Crippen molar-refractivity contribution in [3.63, 3.8) is 0 Å². The van der Waals surface area contributed by atoms with E-state index in [4.69, 9.17) is 14.6 Å². The predicted molar refractivity (Wildman–Crippen MR) is 71.8 cm³/mol. The van der Waals surface area contributed by atoms with E-state index in [0.29, 0.717) is 24.7 Å². The SMILES string of the molecule is COc1ccc(S(N)(=O)=O)cc1NC1CCOCC1. The first kappa shape index (κ1) is 14.1. The molecule has 1 aliphatic rings. The van der Waals surface area contributed by atoms with Crippen molar-refractivity contribution in [2.24, 2.45) is 5.14 Å². The number of rotatable bonds is 4. The number of hydrogen-bond donors (Lipinski definition) is 2. The van der Waals surface area contributed by atoms with E-state index >= 15 is 0 Å². The van der Waals surface area contributed by atoms with Crippen molar-refractivity contribution in [2.45, 2.75) is 23.8 Å². The fourth-order valence-electron chi connectivity index (χ4n) is 2.04. The van der Waals surface area contributed by atoms with Gasteiger partial charge in [-0.25, -0.2) is 13.6 Å². The molecule has 1 aromatic carbocycles. The molecule has 19 heavy (non-hydrogen) atoms. The normalized spacial score (nSPS) is 17.2. The van der Waals surface area contributed by atoms with Crippen LogP contribution in [0.1, 0.15) is 12.8 Å². The van der Waals surface area contributed by atoms with E-state index < -0.39 is 10.0 Å². The average Bonchev–Trinajstić information content (AvgIpc) is 2.39. The lowest BCUT2D eigenvalue weighted by Gasteiger charge is -2.25. The summed E-state index contributed by atoms with van der Waals surface area (Å²) >= 11 is 0. The van der Waals surface area contributed by atoms with E-state index in [9.17, 15) is 8.42 Å². The van der Waals surface area contributed by atoms with Crippen LogP contribution in [0.15, 0.2) is 23.1 Å². The highest BCUT2D eigenvalue weighted by molar-refractivity contribution is 7.89. The fourth-order valence-corrected chi connectivity index (χ4v) is 2.58. The molecular weight excluding hydrogens is 268 g/mol. The second kappa shape index (κ2) is 5.77. The topological polar surface area (TPSA) is 90.7 Å². The van der Waals surface area contributed by atoms with Crippen molar-refractivity contribution in [1.82, 2.24) is 0 Å². The predicted octanol–water partition coefficient (Wildman–Crippen LogP) is 0.933. The van der Waals surface area contributed by atoms with E-state index in [1.807, 2.05) is 0 Å². The van der Waals surface area contributed by atoms with Crippen molar-refractivity contribution < 1.29 is 17.9 Å². The maximum atomic E-state index is 11.4. The quantitative estimate of drug-likeness (QED) is 0.859. The van der Waals surface area contributed by atoms with Gasteiger partial charge >= 0.3 is 0 Å². The number of ether oxygens (including phenoxy) is 2. The molecule has 0 unspecified atom stereocenters. The minimum absolute atomic E-state index is 0.0721. The van der Waals surface area contributed by atoms with Gasteiger partial charge in [-0.3, -0.25) is 0 Å². The standard InChI is InChI=1S/C12H18N2O4S/c1-17-12-3-2-10(19(13,15)16)8-11(12)14-9-4-6-18-7-5-9/h2-3,8-9,14H,4-7H2,1H3,(H2,13,15,16). The molecule has 0 aromatic heterocycles. The zero-order chi connectivity index (χ0) is 13.9. The molecule has 1 heterocycles. The molecule has 1 fully saturated rings. The minimum Gasteiger partial charge on any atom is -0.495 e. The summed E-state index contributed by atoms with van der Waals surface area (Å²) in [4.78, 5) is 0.0721. The molecule has 3 N–H and O–H groups in total. The van der Waals surface area contributed by atoms with E-state index in [-0.39, 0.29) is 10.9 Å². The first-order chi connectivity index (χ1) is 9.00. The van der Waals surface area contributed by atoms with Crippen LogP contribution in [0, 0.1) is 0 Å². The number of primary sulfonamides is 1. The van der Waals surface area contributed by atoms with Crippen molar-refractivity contribution in [1.29, 1.82) is 0 Å². The lowest BCUT2D eigenvalue weighted by Crippen LogP contribution is -2.28. The van der Waals surface area contributed by atoms with Crippen LogP contribution in [-0.4, -0.2) is 34.8 Å². The Bertz CT molecular complexity index is 539. The van der Waals surface area contributed by atoms with Gasteiger partial charge in [0.15, 0.2) is 0 Å². The van der Waals surface area contributed by atoms with Crippen LogP contribution >= 0.6 is 0 Å². The summed E-state index contributed by atoms with van der Waals surface area (Å²) in [6, 6.07) is 4.78. The Kier molecular flexibility index (Phi) is 4.28. The van der Waals surface area contributed by atoms with Gasteiger partial charge in [-0.1, -0.05) is 0 Å². The Balaban J connectivity index is 2.25. The number of benzene rings is 1. The van der Waals surface area contributed by atoms with Crippen LogP contribution in [-0.2, 0) is 14.8 Å². The van der Waals surface area contributed by atoms with E-state index in [0.717, 1.165) is 12.8 Å². The first-order valence-corrected chi connectivity index (χ1v) is 7.60. The molecule has 0 spiro atoms. The number of nitrogens with two attached hydrogens (primary N) is 1. The summed E-state index contributed by atoms with van der Waals surface area (Å²) in [6.45, 7) is 1.41. The average molecular weight is 286 g/mol. The van der Waals surface area contributed by atoms with Crippen LogP contribution in [0.3, 0.4) is 0 Å². The Morgan fingerprint density at radius 1 is 1.37 bits per heavy atom. The van der Waals surface area contributed by atoms with Crippen molar-refractivity contribution >= 4 is 15.7 Å². The van der Waals surface area contributed by atoms with Crippen LogP contribution in [0.4, 0.5) is 5.69 Å². The summed E-state index contributed by atoms with van der Waals surface area (Å²) < 4.78 is 33.2. The molecule has 7 heteroatoms. The molecule has 0 amide bonds. The van der Waals surface area contributed by atoms with Crippen LogP contribution < -0.4 is 15.2 Å². The van der Waals surface area contributed by atoms with Gasteiger partial charge in [0.05, 0.1) is 17.7 Å². The molecule has 6 nitrogen and oxygen atoms in total. The van der Waals surface area contributed by atoms with Crippen LogP contribution in [0.2, 0.25) is 0 Å². The zero-order valence-electron chi connectivity index (χ0n) is 10.8. The summed E-state index contributed by atoms with van der Waals surface area (Å²) in [5.41, 5.74) is 0.640. The number of nitrogens with one attached hydrogen (secondary N) is 1. The lowest BCUT2D eigenvalue weighted by molar-refractivity contribution is 0.0904. The van der Waals surface area contributed by atoms with Gasteiger partial charge < -0.3 is 14.8 Å². The Hall–Kier alpha value is -1.31. The van der Waals surface area contributed by atoms with Gasteiger partial charge in [0.25, 0.3) is 0 Å². The van der Waals surface area contributed by atoms with E-state index in [1.54, 1.807) is 13.2 Å². The third-order valence-corrected chi connectivity index (χ3v) is 3.99. The fraction of sp³-hybridized carbons (Fsp3) is 0.500. The summed E-state index contributed by atoms with van der Waals surface area (Å²) in [5.74, 6) is 0.596. The molecule has 2 rings (SSSR count). The molecular formula is C12H18N2O4S. The summed E-state index contributed by atoms with van der Waals surface area (Å²) in [5, 5.41) is 8.42. The maximum Gasteiger partial charge on any atom is 0.238 e. The van der Waals surface area contributed by atoms with Gasteiger partial charge in [-0.2, -0.15) is 0 Å². The number of anilines is 1. The number of hydrogen-bond acceptors (Lipinski definition) is 5. The van der Waals surface area contributed by atoms with Crippen LogP contribution in [0.25, 0.3) is 0 Å². The maximum absolute atomic E-state index is 11.4. The number of sulfonamides is 1. The highest BCUT2D eigenvalue weighted by Gasteiger charge is 2.17. The smallest absolute Gasteiger partial charge is 0.238 e. The summed E-state index contributed by atoms with van der Waals surface area (Å²) in [6.07, 6.45) is 1.76. The van der Waals surface area contributed by atoms with Crippen molar-refractivity contribution in [3.05, 3.63) is 18.2 Å². The Labute approximate surface area is 112 Å². The molecule has 0 bridgehead atoms. The Morgan fingerprint density at radius 3 is 2.63 bits per heavy atom. The zero-order valence-corrected chi connectivity index (χ0v) is 11.6. The second-order valence-electron chi connectivity index (χ2n) is 4.44. The second-order valence-corrected chi connectivity index (χ2v) is 6.00.